The molecule has 5 heteroatoms. The molecule has 0 aliphatic carbocycles. The van der Waals surface area contributed by atoms with Crippen molar-refractivity contribution in [2.24, 2.45) is 0 Å². The summed E-state index contributed by atoms with van der Waals surface area (Å²) in [5, 5.41) is 0. The number of benzene rings is 2. The number of hydrogen-bond acceptors (Lipinski definition) is 2. The lowest BCUT2D eigenvalue weighted by molar-refractivity contribution is 0.340. The Labute approximate surface area is 133 Å². The number of aromatic nitrogens is 2. The number of nitrogens with zero attached hydrogens (tertiary/aromatic N) is 1. The van der Waals surface area contributed by atoms with Crippen LogP contribution < -0.4 is 4.74 Å². The molecule has 0 fully saturated rings. The van der Waals surface area contributed by atoms with E-state index in [1.807, 2.05) is 31.2 Å². The third-order valence-electron chi connectivity index (χ3n) is 3.31. The number of nitrogens with one attached hydrogen (secondary N) is 1. The number of hydrogen-bond donors (Lipinski definition) is 1. The molecule has 0 atom stereocenters. The van der Waals surface area contributed by atoms with Crippen molar-refractivity contribution in [1.82, 2.24) is 9.55 Å². The highest BCUT2D eigenvalue weighted by molar-refractivity contribution is 7.71. The first kappa shape index (κ1) is 14.5. The lowest BCUT2D eigenvalue weighted by Crippen LogP contribution is -1.95. The van der Waals surface area contributed by atoms with Crippen LogP contribution in [0, 0.1) is 10.6 Å². The average molecular weight is 314 g/mol. The zero-order valence-corrected chi connectivity index (χ0v) is 12.9. The van der Waals surface area contributed by atoms with Gasteiger partial charge in [0.2, 0.25) is 0 Å². The molecule has 3 nitrogen and oxygen atoms in total. The molecule has 0 aliphatic rings. The van der Waals surface area contributed by atoms with E-state index in [1.165, 1.54) is 6.07 Å². The van der Waals surface area contributed by atoms with E-state index in [-0.39, 0.29) is 5.82 Å². The van der Waals surface area contributed by atoms with Crippen molar-refractivity contribution < 1.29 is 9.13 Å². The van der Waals surface area contributed by atoms with Crippen LogP contribution in [0.1, 0.15) is 6.92 Å². The number of rotatable bonds is 4. The second-order valence-electron chi connectivity index (χ2n) is 4.75. The van der Waals surface area contributed by atoms with Crippen LogP contribution in [0.2, 0.25) is 0 Å². The van der Waals surface area contributed by atoms with Crippen LogP contribution >= 0.6 is 12.2 Å². The smallest absolute Gasteiger partial charge is 0.182 e. The number of para-hydroxylation sites is 1. The van der Waals surface area contributed by atoms with Crippen LogP contribution in [-0.2, 0) is 0 Å². The van der Waals surface area contributed by atoms with Crippen molar-refractivity contribution in [3.8, 4) is 22.7 Å². The van der Waals surface area contributed by atoms with Gasteiger partial charge in [0, 0.05) is 6.20 Å². The molecule has 1 aromatic heterocycles. The molecule has 0 saturated carbocycles. The molecule has 0 radical (unpaired) electrons. The predicted molar refractivity (Wildman–Crippen MR) is 87.5 cm³/mol. The molecule has 0 saturated heterocycles. The maximum Gasteiger partial charge on any atom is 0.182 e. The van der Waals surface area contributed by atoms with Gasteiger partial charge in [-0.1, -0.05) is 12.1 Å². The molecule has 1 N–H and O–H groups in total. The van der Waals surface area contributed by atoms with E-state index in [1.54, 1.807) is 29.0 Å². The van der Waals surface area contributed by atoms with E-state index in [0.717, 1.165) is 17.0 Å². The Balaban J connectivity index is 1.99. The fourth-order valence-corrected chi connectivity index (χ4v) is 2.53. The van der Waals surface area contributed by atoms with Gasteiger partial charge in [0.15, 0.2) is 4.77 Å². The molecular weight excluding hydrogens is 299 g/mol. The Bertz CT molecular complexity index is 836. The summed E-state index contributed by atoms with van der Waals surface area (Å²) in [6.07, 6.45) is 1.80. The highest BCUT2D eigenvalue weighted by Crippen LogP contribution is 2.23. The zero-order chi connectivity index (χ0) is 15.5. The van der Waals surface area contributed by atoms with Gasteiger partial charge in [-0.15, -0.1) is 0 Å². The minimum Gasteiger partial charge on any atom is -0.494 e. The van der Waals surface area contributed by atoms with E-state index < -0.39 is 0 Å². The average Bonchev–Trinajstić information content (AvgIpc) is 2.91. The molecule has 2 aromatic carbocycles. The first-order valence-corrected chi connectivity index (χ1v) is 7.39. The first-order chi connectivity index (χ1) is 10.7. The van der Waals surface area contributed by atoms with Crippen LogP contribution in [0.25, 0.3) is 16.9 Å². The topological polar surface area (TPSA) is 29.9 Å². The number of H-pyrrole nitrogens is 1. The fraction of sp³-hybridized carbons (Fsp3) is 0.118. The van der Waals surface area contributed by atoms with Crippen LogP contribution in [0.5, 0.6) is 5.75 Å². The summed E-state index contributed by atoms with van der Waals surface area (Å²) in [7, 11) is 0. The molecular formula is C17H15FN2OS. The summed E-state index contributed by atoms with van der Waals surface area (Å²) < 4.78 is 21.4. The molecule has 0 unspecified atom stereocenters. The van der Waals surface area contributed by atoms with Gasteiger partial charge in [0.25, 0.3) is 0 Å². The Kier molecular flexibility index (Phi) is 4.06. The second-order valence-corrected chi connectivity index (χ2v) is 5.14. The van der Waals surface area contributed by atoms with Crippen molar-refractivity contribution in [3.05, 3.63) is 65.3 Å². The van der Waals surface area contributed by atoms with Crippen LogP contribution in [0.3, 0.4) is 0 Å². The largest absolute Gasteiger partial charge is 0.494 e. The molecule has 0 aliphatic heterocycles. The van der Waals surface area contributed by atoms with E-state index in [0.29, 0.717) is 17.1 Å². The highest BCUT2D eigenvalue weighted by atomic mass is 32.1. The van der Waals surface area contributed by atoms with Gasteiger partial charge in [-0.25, -0.2) is 4.39 Å². The molecule has 1 heterocycles. The maximum absolute atomic E-state index is 13.9. The highest BCUT2D eigenvalue weighted by Gasteiger charge is 2.08. The summed E-state index contributed by atoms with van der Waals surface area (Å²) in [6, 6.07) is 14.2. The van der Waals surface area contributed by atoms with E-state index in [9.17, 15) is 4.39 Å². The summed E-state index contributed by atoms with van der Waals surface area (Å²) in [4.78, 5) is 3.11. The van der Waals surface area contributed by atoms with E-state index in [4.69, 9.17) is 17.0 Å². The van der Waals surface area contributed by atoms with Crippen LogP contribution in [0.4, 0.5) is 4.39 Å². The summed E-state index contributed by atoms with van der Waals surface area (Å²) in [6.45, 7) is 2.57. The summed E-state index contributed by atoms with van der Waals surface area (Å²) in [5.41, 5.74) is 2.22. The van der Waals surface area contributed by atoms with Crippen molar-refractivity contribution >= 4 is 12.2 Å². The Morgan fingerprint density at radius 1 is 1.14 bits per heavy atom. The van der Waals surface area contributed by atoms with Gasteiger partial charge in [-0.2, -0.15) is 0 Å². The Hall–Kier alpha value is -2.40. The molecule has 112 valence electrons. The lowest BCUT2D eigenvalue weighted by atomic mass is 10.1. The quantitative estimate of drug-likeness (QED) is 0.705. The van der Waals surface area contributed by atoms with Gasteiger partial charge in [-0.3, -0.25) is 4.57 Å². The Morgan fingerprint density at radius 3 is 2.55 bits per heavy atom. The number of ether oxygens (including phenoxy) is 1. The summed E-state index contributed by atoms with van der Waals surface area (Å²) >= 11 is 5.30. The van der Waals surface area contributed by atoms with Crippen LogP contribution in [0.15, 0.2) is 54.7 Å². The third kappa shape index (κ3) is 2.80. The molecule has 0 spiro atoms. The number of halogens is 1. The van der Waals surface area contributed by atoms with Crippen molar-refractivity contribution in [2.75, 3.05) is 6.61 Å². The molecule has 0 bridgehead atoms. The van der Waals surface area contributed by atoms with Gasteiger partial charge in [-0.05, 0) is 61.1 Å². The van der Waals surface area contributed by atoms with Crippen molar-refractivity contribution in [1.29, 1.82) is 0 Å². The summed E-state index contributed by atoms with van der Waals surface area (Å²) in [5.74, 6) is 0.509. The van der Waals surface area contributed by atoms with Crippen molar-refractivity contribution in [2.45, 2.75) is 6.92 Å². The normalized spacial score (nSPS) is 10.6. The molecule has 22 heavy (non-hydrogen) atoms. The first-order valence-electron chi connectivity index (χ1n) is 6.99. The van der Waals surface area contributed by atoms with Gasteiger partial charge in [0.1, 0.15) is 11.6 Å². The molecule has 3 rings (SSSR count). The van der Waals surface area contributed by atoms with Crippen molar-refractivity contribution in [3.63, 3.8) is 0 Å². The fourth-order valence-electron chi connectivity index (χ4n) is 2.27. The minimum atomic E-state index is -0.309. The molecule has 0 amide bonds. The van der Waals surface area contributed by atoms with E-state index >= 15 is 0 Å². The Morgan fingerprint density at radius 2 is 1.86 bits per heavy atom. The van der Waals surface area contributed by atoms with Crippen LogP contribution in [-0.4, -0.2) is 16.2 Å². The SMILES string of the molecule is CCOc1ccc(-c2cn(-c3ccccc3F)c(=S)[nH]2)cc1. The minimum absolute atomic E-state index is 0.309. The maximum atomic E-state index is 13.9. The lowest BCUT2D eigenvalue weighted by Gasteiger charge is -2.04. The molecule has 3 aromatic rings. The van der Waals surface area contributed by atoms with E-state index in [2.05, 4.69) is 4.98 Å². The predicted octanol–water partition coefficient (Wildman–Crippen LogP) is 4.74. The number of imidazole rings is 1. The monoisotopic (exact) mass is 314 g/mol. The second kappa shape index (κ2) is 6.15. The van der Waals surface area contributed by atoms with Gasteiger partial charge < -0.3 is 9.72 Å². The zero-order valence-electron chi connectivity index (χ0n) is 12.0. The standard InChI is InChI=1S/C17H15FN2OS/c1-2-21-13-9-7-12(8-10-13)15-11-20(17(22)19-15)16-6-4-3-5-14(16)18/h3-11H,2H2,1H3,(H,19,22). The van der Waals surface area contributed by atoms with Gasteiger partial charge >= 0.3 is 0 Å². The number of aromatic amines is 1. The van der Waals surface area contributed by atoms with Gasteiger partial charge in [0.05, 0.1) is 18.0 Å². The third-order valence-corrected chi connectivity index (χ3v) is 3.61.